The lowest BCUT2D eigenvalue weighted by Gasteiger charge is -2.69. The maximum absolute atomic E-state index is 15.0. The number of esters is 1. The van der Waals surface area contributed by atoms with Gasteiger partial charge in [0, 0.05) is 45.0 Å². The largest absolute Gasteiger partial charge is 0.456 e. The molecule has 0 amide bonds. The highest BCUT2D eigenvalue weighted by Crippen LogP contribution is 2.67. The molecule has 46 heavy (non-hydrogen) atoms. The van der Waals surface area contributed by atoms with Crippen LogP contribution in [0, 0.1) is 28.1 Å². The first-order valence-corrected chi connectivity index (χ1v) is 16.3. The van der Waals surface area contributed by atoms with Crippen LogP contribution < -0.4 is 5.23 Å². The Hall–Kier alpha value is -2.41. The van der Waals surface area contributed by atoms with Crippen LogP contribution in [0.4, 0.5) is 0 Å². The molecule has 0 spiro atoms. The van der Waals surface area contributed by atoms with Crippen molar-refractivity contribution in [1.82, 2.24) is 5.23 Å². The van der Waals surface area contributed by atoms with Crippen molar-refractivity contribution in [2.75, 3.05) is 27.9 Å². The van der Waals surface area contributed by atoms with E-state index in [9.17, 15) is 19.5 Å². The molecule has 0 radical (unpaired) electrons. The number of benzene rings is 1. The van der Waals surface area contributed by atoms with Crippen molar-refractivity contribution in [3.8, 4) is 0 Å². The third kappa shape index (κ3) is 4.96. The van der Waals surface area contributed by atoms with Crippen LogP contribution in [0.2, 0.25) is 0 Å². The minimum absolute atomic E-state index is 0.00833. The predicted octanol–water partition coefficient (Wildman–Crippen LogP) is 2.94. The van der Waals surface area contributed by atoms with Gasteiger partial charge in [-0.25, -0.2) is 4.79 Å². The van der Waals surface area contributed by atoms with Gasteiger partial charge in [-0.3, -0.25) is 4.79 Å². The zero-order valence-corrected chi connectivity index (χ0v) is 28.6. The summed E-state index contributed by atoms with van der Waals surface area (Å²) in [7, 11) is 4.58. The molecule has 0 aromatic heterocycles. The number of fused-ring (bicyclic) bond motifs is 5. The number of nitrogens with one attached hydrogen (secondary N) is 1. The maximum atomic E-state index is 15.0. The van der Waals surface area contributed by atoms with Gasteiger partial charge in [0.25, 0.3) is 7.41 Å². The molecule has 2 saturated carbocycles. The minimum Gasteiger partial charge on any atom is -0.456 e. The number of methoxy groups -OCH3 is 3. The number of aliphatic hydroxyl groups is 1. The Morgan fingerprint density at radius 1 is 1.13 bits per heavy atom. The number of rotatable bonds is 10. The fourth-order valence-electron chi connectivity index (χ4n) is 9.89. The Labute approximate surface area is 273 Å². The molecule has 1 aliphatic heterocycles. The van der Waals surface area contributed by atoms with Crippen LogP contribution in [-0.4, -0.2) is 94.5 Å². The molecule has 10 nitrogen and oxygen atoms in total. The number of hydrogen-bond acceptors (Lipinski definition) is 10. The number of Topliss-reactive ketones (excluding diaryl/α,β-unsaturated/α-hetero) is 1. The monoisotopic (exact) mass is 639 g/mol. The van der Waals surface area contributed by atoms with E-state index in [4.69, 9.17) is 23.7 Å². The Bertz CT molecular complexity index is 1370. The molecule has 5 rings (SSSR count). The van der Waals surface area contributed by atoms with Gasteiger partial charge >= 0.3 is 5.97 Å². The fraction of sp³-hybridized carbons (Fsp3) is 0.686. The second-order valence-corrected chi connectivity index (χ2v) is 14.7. The number of carbonyl (C=O) groups excluding carboxylic acids is 3. The molecule has 3 fully saturated rings. The van der Waals surface area contributed by atoms with Crippen LogP contribution in [0.15, 0.2) is 41.5 Å². The molecule has 2 N–H and O–H groups in total. The van der Waals surface area contributed by atoms with Crippen molar-refractivity contribution >= 4 is 25.4 Å². The average molecular weight is 640 g/mol. The summed E-state index contributed by atoms with van der Waals surface area (Å²) in [5, 5.41) is 16.2. The lowest BCUT2D eigenvalue weighted by atomic mass is 9.40. The van der Waals surface area contributed by atoms with Gasteiger partial charge in [0.15, 0.2) is 11.9 Å². The van der Waals surface area contributed by atoms with Crippen molar-refractivity contribution in [2.45, 2.75) is 96.5 Å². The van der Waals surface area contributed by atoms with Gasteiger partial charge in [0.1, 0.15) is 12.2 Å². The van der Waals surface area contributed by atoms with Crippen LogP contribution in [0.3, 0.4) is 0 Å². The molecule has 3 aliphatic carbocycles. The van der Waals surface area contributed by atoms with E-state index >= 15 is 0 Å². The summed E-state index contributed by atoms with van der Waals surface area (Å²) < 4.78 is 30.1. The molecular weight excluding hydrogens is 589 g/mol. The third-order valence-electron chi connectivity index (χ3n) is 12.4. The zero-order chi connectivity index (χ0) is 33.8. The number of ether oxygens (including phenoxy) is 5. The van der Waals surface area contributed by atoms with E-state index in [0.29, 0.717) is 24.2 Å². The molecule has 11 heteroatoms. The Morgan fingerprint density at radius 3 is 2.35 bits per heavy atom. The van der Waals surface area contributed by atoms with Gasteiger partial charge in [0.05, 0.1) is 42.1 Å². The first kappa shape index (κ1) is 34.9. The molecule has 252 valence electrons. The summed E-state index contributed by atoms with van der Waals surface area (Å²) in [6, 6.07) is 8.59. The van der Waals surface area contributed by atoms with Crippen molar-refractivity contribution in [3.63, 3.8) is 0 Å². The van der Waals surface area contributed by atoms with Crippen molar-refractivity contribution < 1.29 is 43.2 Å². The molecule has 2 bridgehead atoms. The number of ketones is 1. The summed E-state index contributed by atoms with van der Waals surface area (Å²) >= 11 is 0. The molecule has 0 unspecified atom stereocenters. The normalized spacial score (nSPS) is 39.5. The van der Waals surface area contributed by atoms with Crippen LogP contribution in [0.5, 0.6) is 0 Å². The van der Waals surface area contributed by atoms with E-state index in [-0.39, 0.29) is 37.1 Å². The molecule has 4 aliphatic rings. The van der Waals surface area contributed by atoms with Crippen LogP contribution in [0.25, 0.3) is 0 Å². The summed E-state index contributed by atoms with van der Waals surface area (Å²) in [5.41, 5.74) is -1.62. The van der Waals surface area contributed by atoms with Crippen LogP contribution in [-0.2, 0) is 38.1 Å². The molecule has 1 heterocycles. The SMILES string of the molecule is CO[C@H]1C(=O)[C@]2(C)[C@@H](OC)C[C@H]3OC[C@@]3(C)[C@H]2[C@H](C)[C@]2(O)C[C@H](OC(=O)[C@H](OC)[C@@H](NBC=O)c3ccccc3)C(C)=C1C2(C)C. The minimum atomic E-state index is -1.41. The van der Waals surface area contributed by atoms with E-state index in [0.717, 1.165) is 11.7 Å². The quantitative estimate of drug-likeness (QED) is 0.171. The van der Waals surface area contributed by atoms with E-state index in [1.54, 1.807) is 7.11 Å². The maximum Gasteiger partial charge on any atom is 0.337 e. The first-order valence-electron chi connectivity index (χ1n) is 16.3. The highest BCUT2D eigenvalue weighted by Gasteiger charge is 2.73. The summed E-state index contributed by atoms with van der Waals surface area (Å²) in [6.07, 6.45) is -2.07. The average Bonchev–Trinajstić information content (AvgIpc) is 3.02. The molecule has 11 atom stereocenters. The van der Waals surface area contributed by atoms with Crippen molar-refractivity contribution in [3.05, 3.63) is 47.0 Å². The van der Waals surface area contributed by atoms with E-state index < -0.39 is 58.8 Å². The molecular formula is C35H50BNO9. The van der Waals surface area contributed by atoms with Crippen molar-refractivity contribution in [1.29, 1.82) is 0 Å². The fourth-order valence-corrected chi connectivity index (χ4v) is 9.89. The van der Waals surface area contributed by atoms with Gasteiger partial charge < -0.3 is 38.8 Å². The summed E-state index contributed by atoms with van der Waals surface area (Å²) in [6.45, 7) is 12.4. The van der Waals surface area contributed by atoms with E-state index in [1.165, 1.54) is 14.2 Å². The lowest BCUT2D eigenvalue weighted by molar-refractivity contribution is -0.305. The lowest BCUT2D eigenvalue weighted by Crippen LogP contribution is -2.75. The van der Waals surface area contributed by atoms with Crippen molar-refractivity contribution in [2.24, 2.45) is 28.1 Å². The Balaban J connectivity index is 1.61. The third-order valence-corrected chi connectivity index (χ3v) is 12.4. The topological polar surface area (TPSA) is 130 Å². The number of carbonyl (C=O) groups is 3. The van der Waals surface area contributed by atoms with Gasteiger partial charge in [-0.2, -0.15) is 0 Å². The molecule has 1 aromatic carbocycles. The highest BCUT2D eigenvalue weighted by atomic mass is 16.6. The van der Waals surface area contributed by atoms with Crippen LogP contribution in [0.1, 0.15) is 66.0 Å². The van der Waals surface area contributed by atoms with Gasteiger partial charge in [-0.05, 0) is 42.4 Å². The van der Waals surface area contributed by atoms with Gasteiger partial charge in [0.2, 0.25) is 0 Å². The number of hydrogen-bond donors (Lipinski definition) is 2. The summed E-state index contributed by atoms with van der Waals surface area (Å²) in [5.74, 6) is -1.48. The second-order valence-electron chi connectivity index (χ2n) is 14.7. The zero-order valence-electron chi connectivity index (χ0n) is 28.6. The second kappa shape index (κ2) is 12.6. The standard InChI is InChI=1S/C35H50BNO9/c1-19-22(46-31(40)28(44-9)26(37-36-18-38)21-13-11-10-12-14-21)16-35(41)20(2)29-33(5)17-45-23(33)15-24(42-7)34(29,6)30(39)27(43-8)25(19)32(35,3)4/h10-14,18,20,22-24,26-29,36-37,41H,15-17H2,1-9H3/t20-,22-,23+,24-,26-,27+,28+,29+,33+,34+,35+/m0/s1. The van der Waals surface area contributed by atoms with Crippen LogP contribution >= 0.6 is 0 Å². The first-order chi connectivity index (χ1) is 21.7. The highest BCUT2D eigenvalue weighted by molar-refractivity contribution is 6.64. The van der Waals surface area contributed by atoms with E-state index in [2.05, 4.69) is 12.2 Å². The summed E-state index contributed by atoms with van der Waals surface area (Å²) in [4.78, 5) is 40.3. The Morgan fingerprint density at radius 2 is 1.80 bits per heavy atom. The molecule has 1 saturated heterocycles. The smallest absolute Gasteiger partial charge is 0.337 e. The van der Waals surface area contributed by atoms with E-state index in [1.807, 2.05) is 65.0 Å². The Kier molecular flexibility index (Phi) is 9.53. The van der Waals surface area contributed by atoms with Gasteiger partial charge in [-0.15, -0.1) is 0 Å². The molecule has 1 aromatic rings. The van der Waals surface area contributed by atoms with Gasteiger partial charge in [-0.1, -0.05) is 58.0 Å². The predicted molar refractivity (Wildman–Crippen MR) is 173 cm³/mol.